The summed E-state index contributed by atoms with van der Waals surface area (Å²) in [6.07, 6.45) is 0.555. The average molecular weight is 286 g/mol. The van der Waals surface area contributed by atoms with Gasteiger partial charge in [-0.3, -0.25) is 9.59 Å². The minimum absolute atomic E-state index is 0.185. The monoisotopic (exact) mass is 286 g/mol. The van der Waals surface area contributed by atoms with Crippen LogP contribution in [0.15, 0.2) is 18.2 Å². The van der Waals surface area contributed by atoms with E-state index < -0.39 is 6.04 Å². The normalized spacial score (nSPS) is 18.2. The van der Waals surface area contributed by atoms with Crippen molar-refractivity contribution in [2.45, 2.75) is 19.4 Å². The Labute approximate surface area is 120 Å². The van der Waals surface area contributed by atoms with Crippen molar-refractivity contribution >= 4 is 17.5 Å². The summed E-state index contributed by atoms with van der Waals surface area (Å²) in [6, 6.07) is 4.60. The summed E-state index contributed by atoms with van der Waals surface area (Å²) in [7, 11) is 1.64. The van der Waals surface area contributed by atoms with Crippen LogP contribution < -0.4 is 5.32 Å². The van der Waals surface area contributed by atoms with Crippen LogP contribution in [0.3, 0.4) is 0 Å². The summed E-state index contributed by atoms with van der Waals surface area (Å²) in [6.45, 7) is 1.87. The van der Waals surface area contributed by atoms with Crippen LogP contribution in [0.2, 0.25) is 0 Å². The van der Waals surface area contributed by atoms with Crippen molar-refractivity contribution in [2.75, 3.05) is 12.4 Å². The Morgan fingerprint density at radius 3 is 2.81 bits per heavy atom. The third kappa shape index (κ3) is 2.14. The van der Waals surface area contributed by atoms with Crippen LogP contribution in [0.1, 0.15) is 23.7 Å². The van der Waals surface area contributed by atoms with Crippen molar-refractivity contribution in [3.05, 3.63) is 23.8 Å². The van der Waals surface area contributed by atoms with E-state index in [1.54, 1.807) is 25.2 Å². The molecule has 21 heavy (non-hydrogen) atoms. The van der Waals surface area contributed by atoms with Crippen LogP contribution in [0.5, 0.6) is 0 Å². The number of fused-ring (bicyclic) bond motifs is 1. The first-order valence-corrected chi connectivity index (χ1v) is 6.57. The first kappa shape index (κ1) is 13.2. The molecule has 0 radical (unpaired) electrons. The third-order valence-corrected chi connectivity index (χ3v) is 3.59. The number of carbonyl (C=O) groups is 2. The van der Waals surface area contributed by atoms with Gasteiger partial charge in [-0.15, -0.1) is 10.2 Å². The highest BCUT2D eigenvalue weighted by Gasteiger charge is 2.31. The Hall–Kier alpha value is -2.77. The number of hydrogen-bond acceptors (Lipinski definition) is 5. The lowest BCUT2D eigenvalue weighted by Gasteiger charge is -2.22. The van der Waals surface area contributed by atoms with Crippen LogP contribution in [0.4, 0.5) is 5.69 Å². The molecule has 0 fully saturated rings. The number of nitrogens with one attached hydrogen (secondary N) is 2. The molecule has 3 rings (SSSR count). The van der Waals surface area contributed by atoms with Crippen molar-refractivity contribution < 1.29 is 9.59 Å². The second-order valence-corrected chi connectivity index (χ2v) is 4.83. The zero-order valence-corrected chi connectivity index (χ0v) is 11.6. The third-order valence-electron chi connectivity index (χ3n) is 3.59. The fourth-order valence-corrected chi connectivity index (χ4v) is 2.44. The first-order valence-electron chi connectivity index (χ1n) is 6.57. The van der Waals surface area contributed by atoms with Gasteiger partial charge in [0.2, 0.25) is 11.7 Å². The highest BCUT2D eigenvalue weighted by Crippen LogP contribution is 2.27. The molecule has 2 amide bonds. The van der Waals surface area contributed by atoms with Crippen LogP contribution in [0.25, 0.3) is 11.4 Å². The lowest BCUT2D eigenvalue weighted by atomic mass is 10.1. The summed E-state index contributed by atoms with van der Waals surface area (Å²) in [5.74, 6) is 0.0244. The largest absolute Gasteiger partial charge is 0.330 e. The van der Waals surface area contributed by atoms with Gasteiger partial charge >= 0.3 is 0 Å². The molecule has 0 saturated heterocycles. The highest BCUT2D eigenvalue weighted by molar-refractivity contribution is 6.10. The van der Waals surface area contributed by atoms with Gasteiger partial charge in [0.25, 0.3) is 5.91 Å². The Balaban J connectivity index is 2.07. The minimum atomic E-state index is -0.474. The molecule has 1 aliphatic heterocycles. The number of nitrogens with zero attached hydrogens (tertiary/aromatic N) is 4. The molecular weight excluding hydrogens is 272 g/mol. The number of anilines is 1. The molecule has 2 N–H and O–H groups in total. The molecule has 1 aliphatic rings. The summed E-state index contributed by atoms with van der Waals surface area (Å²) < 4.78 is 0. The Morgan fingerprint density at radius 1 is 1.33 bits per heavy atom. The van der Waals surface area contributed by atoms with Crippen LogP contribution >= 0.6 is 0 Å². The van der Waals surface area contributed by atoms with Crippen LogP contribution in [0, 0.1) is 0 Å². The summed E-state index contributed by atoms with van der Waals surface area (Å²) in [4.78, 5) is 26.1. The van der Waals surface area contributed by atoms with Crippen LogP contribution in [-0.2, 0) is 4.79 Å². The number of H-pyrrole nitrogens is 1. The molecule has 0 aliphatic carbocycles. The molecule has 2 aromatic rings. The number of rotatable bonds is 2. The Kier molecular flexibility index (Phi) is 3.13. The molecule has 8 heteroatoms. The van der Waals surface area contributed by atoms with Gasteiger partial charge in [-0.2, -0.15) is 5.21 Å². The predicted molar refractivity (Wildman–Crippen MR) is 74.4 cm³/mol. The van der Waals surface area contributed by atoms with E-state index in [-0.39, 0.29) is 11.8 Å². The maximum absolute atomic E-state index is 12.4. The number of amides is 2. The first-order chi connectivity index (χ1) is 10.1. The number of likely N-dealkylation sites (N-methyl/N-ethyl adjacent to an activating group) is 1. The second-order valence-electron chi connectivity index (χ2n) is 4.83. The number of carbonyl (C=O) groups excluding carboxylic acids is 2. The van der Waals surface area contributed by atoms with Gasteiger partial charge < -0.3 is 10.2 Å². The fourth-order valence-electron chi connectivity index (χ4n) is 2.44. The van der Waals surface area contributed by atoms with Crippen molar-refractivity contribution in [2.24, 2.45) is 0 Å². The van der Waals surface area contributed by atoms with E-state index in [0.717, 1.165) is 0 Å². The molecule has 1 aromatic heterocycles. The van der Waals surface area contributed by atoms with E-state index in [1.165, 1.54) is 4.90 Å². The summed E-state index contributed by atoms with van der Waals surface area (Å²) in [5, 5.41) is 16.4. The number of aromatic nitrogens is 4. The maximum atomic E-state index is 12.4. The zero-order chi connectivity index (χ0) is 15.0. The molecule has 2 heterocycles. The SMILES string of the molecule is CC[C@H]1C(=O)Nc2cc(-c3nn[nH]n3)ccc2C(=O)N1C. The van der Waals surface area contributed by atoms with Crippen molar-refractivity contribution in [1.82, 2.24) is 25.5 Å². The summed E-state index contributed by atoms with van der Waals surface area (Å²) >= 11 is 0. The van der Waals surface area contributed by atoms with Crippen molar-refractivity contribution in [3.8, 4) is 11.4 Å². The zero-order valence-electron chi connectivity index (χ0n) is 11.6. The van der Waals surface area contributed by atoms with Crippen molar-refractivity contribution in [1.29, 1.82) is 0 Å². The minimum Gasteiger partial charge on any atom is -0.330 e. The van der Waals surface area contributed by atoms with Gasteiger partial charge in [0.05, 0.1) is 11.3 Å². The Morgan fingerprint density at radius 2 is 2.14 bits per heavy atom. The molecule has 1 aromatic carbocycles. The summed E-state index contributed by atoms with van der Waals surface area (Å²) in [5.41, 5.74) is 1.59. The molecule has 8 nitrogen and oxygen atoms in total. The molecular formula is C13H14N6O2. The van der Waals surface area contributed by atoms with Gasteiger partial charge in [-0.05, 0) is 23.8 Å². The van der Waals surface area contributed by atoms with E-state index in [0.29, 0.717) is 29.1 Å². The topological polar surface area (TPSA) is 104 Å². The van der Waals surface area contributed by atoms with E-state index in [2.05, 4.69) is 25.9 Å². The van der Waals surface area contributed by atoms with Gasteiger partial charge in [0.1, 0.15) is 6.04 Å². The number of benzene rings is 1. The molecule has 0 saturated carbocycles. The highest BCUT2D eigenvalue weighted by atomic mass is 16.2. The van der Waals surface area contributed by atoms with Gasteiger partial charge in [-0.25, -0.2) is 0 Å². The predicted octanol–water partition coefficient (Wildman–Crippen LogP) is 0.669. The molecule has 0 bridgehead atoms. The smallest absolute Gasteiger partial charge is 0.256 e. The molecule has 0 unspecified atom stereocenters. The number of hydrogen-bond donors (Lipinski definition) is 2. The van der Waals surface area contributed by atoms with Gasteiger partial charge in [0.15, 0.2) is 0 Å². The molecule has 1 atom stereocenters. The lowest BCUT2D eigenvalue weighted by molar-refractivity contribution is -0.120. The van der Waals surface area contributed by atoms with E-state index in [9.17, 15) is 9.59 Å². The van der Waals surface area contributed by atoms with Gasteiger partial charge in [-0.1, -0.05) is 13.0 Å². The fraction of sp³-hybridized carbons (Fsp3) is 0.308. The second kappa shape index (κ2) is 4.97. The van der Waals surface area contributed by atoms with Gasteiger partial charge in [0, 0.05) is 12.6 Å². The molecule has 108 valence electrons. The quantitative estimate of drug-likeness (QED) is 0.844. The molecule has 0 spiro atoms. The standard InChI is InChI=1S/C13H14N6O2/c1-3-10-12(20)14-9-6-7(11-15-17-18-16-11)4-5-8(9)13(21)19(10)2/h4-6,10H,3H2,1-2H3,(H,14,20)(H,15,16,17,18)/t10-/m0/s1. The Bertz CT molecular complexity index is 697. The van der Waals surface area contributed by atoms with E-state index >= 15 is 0 Å². The maximum Gasteiger partial charge on any atom is 0.256 e. The van der Waals surface area contributed by atoms with Crippen LogP contribution in [-0.4, -0.2) is 50.4 Å². The van der Waals surface area contributed by atoms with Crippen molar-refractivity contribution in [3.63, 3.8) is 0 Å². The van der Waals surface area contributed by atoms with E-state index in [4.69, 9.17) is 0 Å². The number of aromatic amines is 1. The average Bonchev–Trinajstić information content (AvgIpc) is 2.98. The lowest BCUT2D eigenvalue weighted by Crippen LogP contribution is -2.42. The van der Waals surface area contributed by atoms with E-state index in [1.807, 2.05) is 6.92 Å². The number of tetrazole rings is 1.